The van der Waals surface area contributed by atoms with E-state index in [9.17, 15) is 9.90 Å². The molecule has 1 saturated carbocycles. The van der Waals surface area contributed by atoms with E-state index in [0.29, 0.717) is 29.6 Å². The van der Waals surface area contributed by atoms with E-state index in [-0.39, 0.29) is 24.0 Å². The quantitative estimate of drug-likeness (QED) is 0.889. The van der Waals surface area contributed by atoms with Gasteiger partial charge in [0, 0.05) is 10.3 Å². The summed E-state index contributed by atoms with van der Waals surface area (Å²) in [5.74, 6) is 1.34. The number of carbonyl (C=O) groups is 1. The Balaban J connectivity index is 1.54. The summed E-state index contributed by atoms with van der Waals surface area (Å²) in [5.41, 5.74) is 0. The van der Waals surface area contributed by atoms with Crippen molar-refractivity contribution in [3.8, 4) is 11.5 Å². The van der Waals surface area contributed by atoms with Crippen molar-refractivity contribution in [1.82, 2.24) is 5.32 Å². The Bertz CT molecular complexity index is 691. The van der Waals surface area contributed by atoms with Crippen molar-refractivity contribution < 1.29 is 19.4 Å². The summed E-state index contributed by atoms with van der Waals surface area (Å²) in [4.78, 5) is 14.4. The van der Waals surface area contributed by atoms with E-state index in [2.05, 4.69) is 5.32 Å². The molecule has 1 aliphatic carbocycles. The molecule has 0 unspecified atom stereocenters. The van der Waals surface area contributed by atoms with Crippen molar-refractivity contribution >= 4 is 28.6 Å². The van der Waals surface area contributed by atoms with Gasteiger partial charge in [0.1, 0.15) is 18.1 Å². The second kappa shape index (κ2) is 6.14. The molecule has 5 nitrogen and oxygen atoms in total. The summed E-state index contributed by atoms with van der Waals surface area (Å²) < 4.78 is 11.1. The van der Waals surface area contributed by atoms with Gasteiger partial charge < -0.3 is 19.9 Å². The maximum Gasteiger partial charge on any atom is 0.265 e. The van der Waals surface area contributed by atoms with Crippen LogP contribution in [0.2, 0.25) is 0 Å². The number of rotatable bonds is 4. The first kappa shape index (κ1) is 15.0. The summed E-state index contributed by atoms with van der Waals surface area (Å²) in [6.45, 7) is 0.982. The topological polar surface area (TPSA) is 67.8 Å². The fourth-order valence-corrected chi connectivity index (χ4v) is 4.72. The fraction of sp³-hybridized carbons (Fsp3) is 0.438. The lowest BCUT2D eigenvalue weighted by Crippen LogP contribution is -2.41. The van der Waals surface area contributed by atoms with Gasteiger partial charge in [-0.25, -0.2) is 0 Å². The molecule has 0 bridgehead atoms. The number of aliphatic hydroxyl groups excluding tert-OH is 1. The SMILES string of the molecule is O=C(N[C@H](c1cccs1)C1CC(O)C1)c1scc2c1OCCO2. The third-order valence-electron chi connectivity index (χ3n) is 4.26. The van der Waals surface area contributed by atoms with E-state index in [1.54, 1.807) is 11.3 Å². The van der Waals surface area contributed by atoms with Gasteiger partial charge >= 0.3 is 0 Å². The third kappa shape index (κ3) is 2.84. The minimum atomic E-state index is -0.245. The molecule has 1 aliphatic heterocycles. The van der Waals surface area contributed by atoms with Gasteiger partial charge in [-0.3, -0.25) is 4.79 Å². The number of nitrogens with one attached hydrogen (secondary N) is 1. The molecule has 2 aromatic rings. The Morgan fingerprint density at radius 2 is 2.13 bits per heavy atom. The van der Waals surface area contributed by atoms with Crippen LogP contribution in [-0.4, -0.2) is 30.3 Å². The zero-order valence-corrected chi connectivity index (χ0v) is 14.0. The highest BCUT2D eigenvalue weighted by molar-refractivity contribution is 7.12. The van der Waals surface area contributed by atoms with Gasteiger partial charge in [0.15, 0.2) is 11.5 Å². The van der Waals surface area contributed by atoms with Crippen LogP contribution in [0, 0.1) is 5.92 Å². The Kier molecular flexibility index (Phi) is 4.00. The Morgan fingerprint density at radius 1 is 1.30 bits per heavy atom. The van der Waals surface area contributed by atoms with E-state index < -0.39 is 0 Å². The monoisotopic (exact) mass is 351 g/mol. The molecule has 0 radical (unpaired) electrons. The molecule has 23 heavy (non-hydrogen) atoms. The molecule has 122 valence electrons. The largest absolute Gasteiger partial charge is 0.485 e. The van der Waals surface area contributed by atoms with Crippen LogP contribution in [0.15, 0.2) is 22.9 Å². The van der Waals surface area contributed by atoms with Crippen LogP contribution >= 0.6 is 22.7 Å². The standard InChI is InChI=1S/C16H17NO4S2/c18-10-6-9(7-10)13(12-2-1-5-22-12)17-16(19)15-14-11(8-23-15)20-3-4-21-14/h1-2,5,8-10,13,18H,3-4,6-7H2,(H,17,19)/t9?,10?,13-/m0/s1. The van der Waals surface area contributed by atoms with Crippen LogP contribution < -0.4 is 14.8 Å². The van der Waals surface area contributed by atoms with Gasteiger partial charge in [-0.1, -0.05) is 6.07 Å². The number of carbonyl (C=O) groups excluding carboxylic acids is 1. The molecule has 1 fully saturated rings. The number of thiophene rings is 2. The van der Waals surface area contributed by atoms with E-state index in [1.807, 2.05) is 22.9 Å². The van der Waals surface area contributed by atoms with Crippen LogP contribution in [0.5, 0.6) is 11.5 Å². The molecule has 1 amide bonds. The van der Waals surface area contributed by atoms with Gasteiger partial charge in [-0.15, -0.1) is 22.7 Å². The van der Waals surface area contributed by atoms with Crippen molar-refractivity contribution in [2.24, 2.45) is 5.92 Å². The number of aliphatic hydroxyl groups is 1. The van der Waals surface area contributed by atoms with Gasteiger partial charge in [-0.05, 0) is 30.2 Å². The highest BCUT2D eigenvalue weighted by Crippen LogP contribution is 2.42. The lowest BCUT2D eigenvalue weighted by molar-refractivity contribution is 0.0241. The van der Waals surface area contributed by atoms with Gasteiger partial charge in [0.2, 0.25) is 0 Å². The molecule has 0 aromatic carbocycles. The second-order valence-electron chi connectivity index (χ2n) is 5.81. The maximum atomic E-state index is 12.7. The maximum absolute atomic E-state index is 12.7. The number of amides is 1. The van der Waals surface area contributed by atoms with Crippen LogP contribution in [0.4, 0.5) is 0 Å². The van der Waals surface area contributed by atoms with E-state index in [1.165, 1.54) is 11.3 Å². The number of hydrogen-bond donors (Lipinski definition) is 2. The van der Waals surface area contributed by atoms with Crippen molar-refractivity contribution in [2.45, 2.75) is 25.0 Å². The third-order valence-corrected chi connectivity index (χ3v) is 6.16. The molecule has 2 N–H and O–H groups in total. The lowest BCUT2D eigenvalue weighted by atomic mass is 9.76. The first-order valence-corrected chi connectivity index (χ1v) is 9.37. The summed E-state index contributed by atoms with van der Waals surface area (Å²) in [7, 11) is 0. The predicted molar refractivity (Wildman–Crippen MR) is 88.6 cm³/mol. The molecule has 2 aliphatic rings. The predicted octanol–water partition coefficient (Wildman–Crippen LogP) is 2.82. The minimum Gasteiger partial charge on any atom is -0.485 e. The van der Waals surface area contributed by atoms with E-state index >= 15 is 0 Å². The molecule has 0 saturated heterocycles. The van der Waals surface area contributed by atoms with Gasteiger partial charge in [-0.2, -0.15) is 0 Å². The smallest absolute Gasteiger partial charge is 0.265 e. The zero-order chi connectivity index (χ0) is 15.8. The molecule has 7 heteroatoms. The first-order chi connectivity index (χ1) is 11.2. The van der Waals surface area contributed by atoms with Crippen molar-refractivity contribution in [2.75, 3.05) is 13.2 Å². The van der Waals surface area contributed by atoms with Crippen LogP contribution in [0.1, 0.15) is 33.4 Å². The van der Waals surface area contributed by atoms with Crippen LogP contribution in [0.25, 0.3) is 0 Å². The van der Waals surface area contributed by atoms with Crippen LogP contribution in [-0.2, 0) is 0 Å². The zero-order valence-electron chi connectivity index (χ0n) is 12.4. The molecule has 4 rings (SSSR count). The normalized spacial score (nSPS) is 23.9. The van der Waals surface area contributed by atoms with Gasteiger partial charge in [0.25, 0.3) is 5.91 Å². The van der Waals surface area contributed by atoms with Crippen LogP contribution in [0.3, 0.4) is 0 Å². The second-order valence-corrected chi connectivity index (χ2v) is 7.67. The Morgan fingerprint density at radius 3 is 2.87 bits per heavy atom. The Hall–Kier alpha value is -1.57. The molecule has 3 heterocycles. The lowest BCUT2D eigenvalue weighted by Gasteiger charge is -2.37. The number of ether oxygens (including phenoxy) is 2. The average Bonchev–Trinajstić information content (AvgIpc) is 3.18. The molecular weight excluding hydrogens is 334 g/mol. The van der Waals surface area contributed by atoms with Crippen molar-refractivity contribution in [3.05, 3.63) is 32.6 Å². The summed E-state index contributed by atoms with van der Waals surface area (Å²) in [6, 6.07) is 3.95. The highest BCUT2D eigenvalue weighted by Gasteiger charge is 2.37. The highest BCUT2D eigenvalue weighted by atomic mass is 32.1. The molecule has 0 spiro atoms. The average molecular weight is 351 g/mol. The van der Waals surface area contributed by atoms with Crippen molar-refractivity contribution in [3.63, 3.8) is 0 Å². The summed E-state index contributed by atoms with van der Waals surface area (Å²) in [5, 5.41) is 16.6. The number of hydrogen-bond acceptors (Lipinski definition) is 6. The minimum absolute atomic E-state index is 0.0619. The summed E-state index contributed by atoms with van der Waals surface area (Å²) in [6.07, 6.45) is 1.21. The number of fused-ring (bicyclic) bond motifs is 1. The Labute approximate surface area is 141 Å². The van der Waals surface area contributed by atoms with E-state index in [4.69, 9.17) is 9.47 Å². The first-order valence-electron chi connectivity index (χ1n) is 7.62. The van der Waals surface area contributed by atoms with Gasteiger partial charge in [0.05, 0.1) is 12.1 Å². The molecule has 2 aromatic heterocycles. The van der Waals surface area contributed by atoms with E-state index in [0.717, 1.165) is 17.7 Å². The van der Waals surface area contributed by atoms with Crippen molar-refractivity contribution in [1.29, 1.82) is 0 Å². The fourth-order valence-electron chi connectivity index (χ4n) is 3.02. The molecule has 1 atom stereocenters. The summed E-state index contributed by atoms with van der Waals surface area (Å²) >= 11 is 2.97. The molecular formula is C16H17NO4S2.